The lowest BCUT2D eigenvalue weighted by Gasteiger charge is -2.42. The van der Waals surface area contributed by atoms with E-state index in [0.29, 0.717) is 18.0 Å². The van der Waals surface area contributed by atoms with Gasteiger partial charge in [-0.3, -0.25) is 4.79 Å². The molecule has 1 unspecified atom stereocenters. The highest BCUT2D eigenvalue weighted by Gasteiger charge is 2.47. The number of hydrogen-bond acceptors (Lipinski definition) is 3. The number of halogens is 1. The zero-order chi connectivity index (χ0) is 20.4. The molecule has 1 spiro atoms. The van der Waals surface area contributed by atoms with E-state index in [1.54, 1.807) is 12.1 Å². The maximum absolute atomic E-state index is 13.0. The number of aliphatic hydroxyl groups is 1. The number of Topliss-reactive ketones (excluding diaryl/α,β-unsaturated/α-hetero) is 1. The number of carbonyl (C=O) groups excluding carboxylic acids is 1. The van der Waals surface area contributed by atoms with E-state index >= 15 is 0 Å². The number of nitrogens with zero attached hydrogens (tertiary/aromatic N) is 1. The summed E-state index contributed by atoms with van der Waals surface area (Å²) in [4.78, 5) is 14.6. The molecule has 2 aliphatic carbocycles. The lowest BCUT2D eigenvalue weighted by atomic mass is 9.69. The summed E-state index contributed by atoms with van der Waals surface area (Å²) >= 11 is 0. The first-order valence-electron chi connectivity index (χ1n) is 10.7. The minimum Gasteiger partial charge on any atom is -0.388 e. The van der Waals surface area contributed by atoms with E-state index < -0.39 is 0 Å². The summed E-state index contributed by atoms with van der Waals surface area (Å²) in [5, 5.41) is 10.9. The third-order valence-corrected chi connectivity index (χ3v) is 7.13. The van der Waals surface area contributed by atoms with E-state index in [9.17, 15) is 14.3 Å². The molecule has 0 aromatic heterocycles. The monoisotopic (exact) mass is 395 g/mol. The van der Waals surface area contributed by atoms with Crippen molar-refractivity contribution in [1.82, 2.24) is 4.90 Å². The molecule has 29 heavy (non-hydrogen) atoms. The first-order valence-corrected chi connectivity index (χ1v) is 10.7. The maximum atomic E-state index is 13.0. The van der Waals surface area contributed by atoms with E-state index in [1.165, 1.54) is 17.7 Å². The van der Waals surface area contributed by atoms with Gasteiger partial charge in [-0.15, -0.1) is 0 Å². The van der Waals surface area contributed by atoms with Gasteiger partial charge in [-0.25, -0.2) is 4.39 Å². The van der Waals surface area contributed by atoms with Gasteiger partial charge in [-0.2, -0.15) is 0 Å². The summed E-state index contributed by atoms with van der Waals surface area (Å²) < 4.78 is 13.0. The van der Waals surface area contributed by atoms with Crippen molar-refractivity contribution in [2.45, 2.75) is 57.1 Å². The van der Waals surface area contributed by atoms with E-state index in [-0.39, 0.29) is 23.1 Å². The molecule has 1 N–H and O–H groups in total. The molecule has 0 bridgehead atoms. The van der Waals surface area contributed by atoms with Crippen molar-refractivity contribution in [2.24, 2.45) is 5.41 Å². The Labute approximate surface area is 172 Å². The van der Waals surface area contributed by atoms with Crippen molar-refractivity contribution >= 4 is 5.78 Å². The van der Waals surface area contributed by atoms with Crippen molar-refractivity contribution in [3.05, 3.63) is 71.0 Å². The highest BCUT2D eigenvalue weighted by molar-refractivity contribution is 5.95. The van der Waals surface area contributed by atoms with Gasteiger partial charge in [0.15, 0.2) is 5.78 Å². The first-order chi connectivity index (χ1) is 14.0. The van der Waals surface area contributed by atoms with Crippen LogP contribution in [0.15, 0.2) is 48.5 Å². The molecule has 4 rings (SSSR count). The second-order valence-electron chi connectivity index (χ2n) is 8.89. The lowest BCUT2D eigenvalue weighted by Crippen LogP contribution is -2.41. The number of carbonyl (C=O) groups is 1. The van der Waals surface area contributed by atoms with Crippen molar-refractivity contribution in [3.63, 3.8) is 0 Å². The van der Waals surface area contributed by atoms with Crippen LogP contribution in [0, 0.1) is 11.2 Å². The zero-order valence-corrected chi connectivity index (χ0v) is 17.1. The van der Waals surface area contributed by atoms with Crippen LogP contribution in [0.25, 0.3) is 0 Å². The largest absolute Gasteiger partial charge is 0.388 e. The minimum absolute atomic E-state index is 0.0135. The molecule has 1 atom stereocenters. The van der Waals surface area contributed by atoms with Crippen LogP contribution < -0.4 is 0 Å². The molecule has 0 saturated heterocycles. The van der Waals surface area contributed by atoms with Crippen LogP contribution in [0.5, 0.6) is 0 Å². The number of rotatable bonds is 6. The van der Waals surface area contributed by atoms with Gasteiger partial charge in [-0.05, 0) is 87.5 Å². The molecule has 2 aliphatic rings. The Kier molecular flexibility index (Phi) is 5.84. The van der Waals surface area contributed by atoms with Gasteiger partial charge in [0.05, 0.1) is 6.10 Å². The summed E-state index contributed by atoms with van der Waals surface area (Å²) in [6, 6.07) is 14.6. The fourth-order valence-corrected chi connectivity index (χ4v) is 5.29. The Balaban J connectivity index is 1.25. The highest BCUT2D eigenvalue weighted by Crippen LogP contribution is 2.54. The van der Waals surface area contributed by atoms with E-state index in [4.69, 9.17) is 0 Å². The normalized spacial score (nSPS) is 26.1. The summed E-state index contributed by atoms with van der Waals surface area (Å²) in [5.41, 5.74) is 3.03. The van der Waals surface area contributed by atoms with Gasteiger partial charge >= 0.3 is 0 Å². The lowest BCUT2D eigenvalue weighted by molar-refractivity contribution is -0.00886. The second-order valence-corrected chi connectivity index (χ2v) is 8.89. The molecule has 0 heterocycles. The molecule has 1 fully saturated rings. The summed E-state index contributed by atoms with van der Waals surface area (Å²) in [5.74, 6) is -0.236. The molecule has 0 radical (unpaired) electrons. The number of fused-ring (bicyclic) bond motifs is 1. The van der Waals surface area contributed by atoms with Gasteiger partial charge in [0.2, 0.25) is 0 Å². The average Bonchev–Trinajstić information content (AvgIpc) is 3.00. The fraction of sp³-hybridized carbons (Fsp3) is 0.480. The standard InChI is InChI=1S/C25H30FNO2/c1-27(16-4-7-23(28)18-8-10-20(26)11-9-18)21-12-14-25(15-13-21)17-19-5-2-3-6-22(19)24(25)29/h2-3,5-6,8-11,21,24,29H,4,7,12-17H2,1H3. The predicted octanol–water partition coefficient (Wildman–Crippen LogP) is 4.94. The Hall–Kier alpha value is -2.04. The zero-order valence-electron chi connectivity index (χ0n) is 17.1. The van der Waals surface area contributed by atoms with Crippen LogP contribution in [-0.2, 0) is 6.42 Å². The molecular formula is C25H30FNO2. The SMILES string of the molecule is CN(CCCC(=O)c1ccc(F)cc1)C1CCC2(CC1)Cc1ccccc1C2O. The molecule has 2 aromatic rings. The fourth-order valence-electron chi connectivity index (χ4n) is 5.29. The van der Waals surface area contributed by atoms with Gasteiger partial charge in [0.1, 0.15) is 5.82 Å². The molecule has 3 nitrogen and oxygen atoms in total. The van der Waals surface area contributed by atoms with Crippen molar-refractivity contribution in [2.75, 3.05) is 13.6 Å². The summed E-state index contributed by atoms with van der Waals surface area (Å²) in [7, 11) is 2.14. The molecular weight excluding hydrogens is 365 g/mol. The van der Waals surface area contributed by atoms with Crippen LogP contribution in [0.3, 0.4) is 0 Å². The topological polar surface area (TPSA) is 40.5 Å². The summed E-state index contributed by atoms with van der Waals surface area (Å²) in [6.07, 6.45) is 6.23. The smallest absolute Gasteiger partial charge is 0.162 e. The van der Waals surface area contributed by atoms with Crippen molar-refractivity contribution in [3.8, 4) is 0 Å². The maximum Gasteiger partial charge on any atom is 0.162 e. The molecule has 154 valence electrons. The second kappa shape index (κ2) is 8.37. The number of hydrogen-bond donors (Lipinski definition) is 1. The van der Waals surface area contributed by atoms with Crippen molar-refractivity contribution < 1.29 is 14.3 Å². The van der Waals surface area contributed by atoms with Crippen molar-refractivity contribution in [1.29, 1.82) is 0 Å². The average molecular weight is 396 g/mol. The quantitative estimate of drug-likeness (QED) is 0.705. The molecule has 0 aliphatic heterocycles. The number of aliphatic hydroxyl groups excluding tert-OH is 1. The molecule has 0 amide bonds. The molecule has 1 saturated carbocycles. The first kappa shape index (κ1) is 20.2. The van der Waals surface area contributed by atoms with E-state index in [2.05, 4.69) is 30.1 Å². The molecule has 2 aromatic carbocycles. The van der Waals surface area contributed by atoms with Crippen LogP contribution in [0.2, 0.25) is 0 Å². The Morgan fingerprint density at radius 1 is 1.14 bits per heavy atom. The Bertz CT molecular complexity index is 855. The van der Waals surface area contributed by atoms with Crippen LogP contribution >= 0.6 is 0 Å². The van der Waals surface area contributed by atoms with Gasteiger partial charge in [0, 0.05) is 23.4 Å². The van der Waals surface area contributed by atoms with Gasteiger partial charge in [-0.1, -0.05) is 24.3 Å². The third-order valence-electron chi connectivity index (χ3n) is 7.13. The van der Waals surface area contributed by atoms with Gasteiger partial charge < -0.3 is 10.0 Å². The highest BCUT2D eigenvalue weighted by atomic mass is 19.1. The Morgan fingerprint density at radius 2 is 1.83 bits per heavy atom. The van der Waals surface area contributed by atoms with Crippen LogP contribution in [0.1, 0.15) is 66.1 Å². The van der Waals surface area contributed by atoms with Gasteiger partial charge in [0.25, 0.3) is 0 Å². The number of ketones is 1. The third kappa shape index (κ3) is 4.15. The Morgan fingerprint density at radius 3 is 2.52 bits per heavy atom. The van der Waals surface area contributed by atoms with Crippen LogP contribution in [0.4, 0.5) is 4.39 Å². The van der Waals surface area contributed by atoms with E-state index in [0.717, 1.165) is 50.6 Å². The molecule has 4 heteroatoms. The number of benzene rings is 2. The minimum atomic E-state index is -0.335. The van der Waals surface area contributed by atoms with E-state index in [1.807, 2.05) is 6.07 Å². The summed E-state index contributed by atoms with van der Waals surface area (Å²) in [6.45, 7) is 0.882. The predicted molar refractivity (Wildman–Crippen MR) is 112 cm³/mol. The van der Waals surface area contributed by atoms with Crippen LogP contribution in [-0.4, -0.2) is 35.4 Å².